The molecule has 2 rings (SSSR count). The van der Waals surface area contributed by atoms with Gasteiger partial charge in [-0.05, 0) is 30.2 Å². The molecule has 1 amide bonds. The number of esters is 1. The highest BCUT2D eigenvalue weighted by molar-refractivity contribution is 7.11. The lowest BCUT2D eigenvalue weighted by atomic mass is 10.0. The van der Waals surface area contributed by atoms with Crippen molar-refractivity contribution in [3.63, 3.8) is 0 Å². The smallest absolute Gasteiger partial charge is 0.348 e. The zero-order valence-electron chi connectivity index (χ0n) is 10.4. The van der Waals surface area contributed by atoms with Gasteiger partial charge in [0, 0.05) is 13.1 Å². The van der Waals surface area contributed by atoms with Crippen LogP contribution >= 0.6 is 11.3 Å². The van der Waals surface area contributed by atoms with Gasteiger partial charge in [-0.25, -0.2) is 4.79 Å². The van der Waals surface area contributed by atoms with E-state index in [0.717, 1.165) is 19.5 Å². The maximum absolute atomic E-state index is 11.9. The summed E-state index contributed by atoms with van der Waals surface area (Å²) in [6, 6.07) is 3.48. The number of rotatable bonds is 3. The number of piperidine rings is 1. The predicted molar refractivity (Wildman–Crippen MR) is 69.6 cm³/mol. The molecule has 1 fully saturated rings. The summed E-state index contributed by atoms with van der Waals surface area (Å²) in [5.74, 6) is 0.0329. The molecule has 5 heteroatoms. The average Bonchev–Trinajstić information content (AvgIpc) is 2.89. The van der Waals surface area contributed by atoms with Gasteiger partial charge in [-0.2, -0.15) is 0 Å². The minimum Gasteiger partial charge on any atom is -0.451 e. The molecule has 1 aliphatic rings. The summed E-state index contributed by atoms with van der Waals surface area (Å²) < 4.78 is 5.02. The number of likely N-dealkylation sites (tertiary alicyclic amines) is 1. The number of thiophene rings is 1. The molecule has 1 aliphatic heterocycles. The lowest BCUT2D eigenvalue weighted by Gasteiger charge is -2.30. The first-order valence-corrected chi connectivity index (χ1v) is 7.03. The van der Waals surface area contributed by atoms with Gasteiger partial charge in [-0.15, -0.1) is 11.3 Å². The van der Waals surface area contributed by atoms with Crippen LogP contribution in [-0.4, -0.2) is 36.5 Å². The van der Waals surface area contributed by atoms with Crippen molar-refractivity contribution in [1.82, 2.24) is 4.90 Å². The molecule has 0 aromatic carbocycles. The molecule has 0 aliphatic carbocycles. The van der Waals surface area contributed by atoms with E-state index in [2.05, 4.69) is 6.92 Å². The quantitative estimate of drug-likeness (QED) is 0.788. The molecule has 0 bridgehead atoms. The van der Waals surface area contributed by atoms with E-state index in [1.165, 1.54) is 17.8 Å². The van der Waals surface area contributed by atoms with Crippen molar-refractivity contribution < 1.29 is 14.3 Å². The average molecular weight is 267 g/mol. The SMILES string of the molecule is CC1CCCN(C(=O)COC(=O)c2cccs2)C1. The topological polar surface area (TPSA) is 46.6 Å². The maximum atomic E-state index is 11.9. The zero-order chi connectivity index (χ0) is 13.0. The molecule has 0 saturated carbocycles. The van der Waals surface area contributed by atoms with Crippen LogP contribution in [0, 0.1) is 5.92 Å². The second-order valence-electron chi connectivity index (χ2n) is 4.64. The molecule has 1 aromatic heterocycles. The van der Waals surface area contributed by atoms with Crippen molar-refractivity contribution in [2.75, 3.05) is 19.7 Å². The van der Waals surface area contributed by atoms with Gasteiger partial charge >= 0.3 is 5.97 Å². The predicted octanol–water partition coefficient (Wildman–Crippen LogP) is 2.16. The van der Waals surface area contributed by atoms with Crippen molar-refractivity contribution >= 4 is 23.2 Å². The summed E-state index contributed by atoms with van der Waals surface area (Å²) in [4.78, 5) is 25.8. The highest BCUT2D eigenvalue weighted by Crippen LogP contribution is 2.16. The lowest BCUT2D eigenvalue weighted by Crippen LogP contribution is -2.41. The number of carbonyl (C=O) groups is 2. The summed E-state index contributed by atoms with van der Waals surface area (Å²) in [6.45, 7) is 3.54. The third-order valence-corrected chi connectivity index (χ3v) is 3.91. The standard InChI is InChI=1S/C13H17NO3S/c1-10-4-2-6-14(8-10)12(15)9-17-13(16)11-5-3-7-18-11/h3,5,7,10H,2,4,6,8-9H2,1H3. The number of ether oxygens (including phenoxy) is 1. The van der Waals surface area contributed by atoms with Gasteiger partial charge in [-0.1, -0.05) is 13.0 Å². The van der Waals surface area contributed by atoms with Crippen molar-refractivity contribution in [2.24, 2.45) is 5.92 Å². The number of nitrogens with zero attached hydrogens (tertiary/aromatic N) is 1. The van der Waals surface area contributed by atoms with E-state index in [9.17, 15) is 9.59 Å². The summed E-state index contributed by atoms with van der Waals surface area (Å²) in [6.07, 6.45) is 2.20. The molecular weight excluding hydrogens is 250 g/mol. The number of carbonyl (C=O) groups excluding carboxylic acids is 2. The molecule has 4 nitrogen and oxygen atoms in total. The molecule has 1 aromatic rings. The fraction of sp³-hybridized carbons (Fsp3) is 0.538. The number of hydrogen-bond donors (Lipinski definition) is 0. The van der Waals surface area contributed by atoms with Crippen LogP contribution in [0.4, 0.5) is 0 Å². The van der Waals surface area contributed by atoms with Crippen molar-refractivity contribution in [1.29, 1.82) is 0 Å². The van der Waals surface area contributed by atoms with E-state index in [-0.39, 0.29) is 12.5 Å². The Morgan fingerprint density at radius 2 is 2.39 bits per heavy atom. The van der Waals surface area contributed by atoms with E-state index >= 15 is 0 Å². The van der Waals surface area contributed by atoms with Crippen LogP contribution in [0.25, 0.3) is 0 Å². The molecule has 0 radical (unpaired) electrons. The van der Waals surface area contributed by atoms with Gasteiger partial charge in [0.2, 0.25) is 0 Å². The summed E-state index contributed by atoms with van der Waals surface area (Å²) in [7, 11) is 0. The van der Waals surface area contributed by atoms with Gasteiger partial charge in [-0.3, -0.25) is 4.79 Å². The summed E-state index contributed by atoms with van der Waals surface area (Å²) >= 11 is 1.32. The van der Waals surface area contributed by atoms with Gasteiger partial charge < -0.3 is 9.64 Å². The monoisotopic (exact) mass is 267 g/mol. The molecule has 2 heterocycles. The largest absolute Gasteiger partial charge is 0.451 e. The molecule has 18 heavy (non-hydrogen) atoms. The van der Waals surface area contributed by atoms with Crippen LogP contribution in [-0.2, 0) is 9.53 Å². The van der Waals surface area contributed by atoms with Gasteiger partial charge in [0.25, 0.3) is 5.91 Å². The second-order valence-corrected chi connectivity index (χ2v) is 5.59. The number of hydrogen-bond acceptors (Lipinski definition) is 4. The molecule has 1 atom stereocenters. The Bertz CT molecular complexity index is 416. The minimum absolute atomic E-state index is 0.0912. The molecule has 1 saturated heterocycles. The lowest BCUT2D eigenvalue weighted by molar-refractivity contribution is -0.136. The van der Waals surface area contributed by atoms with Crippen LogP contribution < -0.4 is 0 Å². The highest BCUT2D eigenvalue weighted by Gasteiger charge is 2.22. The minimum atomic E-state index is -0.414. The molecule has 0 N–H and O–H groups in total. The third kappa shape index (κ3) is 3.32. The van der Waals surface area contributed by atoms with E-state index in [1.54, 1.807) is 17.0 Å². The van der Waals surface area contributed by atoms with E-state index in [0.29, 0.717) is 10.8 Å². The Kier molecular flexibility index (Phi) is 4.36. The van der Waals surface area contributed by atoms with E-state index in [4.69, 9.17) is 4.74 Å². The van der Waals surface area contributed by atoms with Crippen molar-refractivity contribution in [3.05, 3.63) is 22.4 Å². The Morgan fingerprint density at radius 1 is 1.56 bits per heavy atom. The van der Waals surface area contributed by atoms with E-state index < -0.39 is 5.97 Å². The first-order valence-electron chi connectivity index (χ1n) is 6.15. The number of amides is 1. The van der Waals surface area contributed by atoms with Crippen molar-refractivity contribution in [2.45, 2.75) is 19.8 Å². The Balaban J connectivity index is 1.79. The highest BCUT2D eigenvalue weighted by atomic mass is 32.1. The van der Waals surface area contributed by atoms with Crippen LogP contribution in [0.2, 0.25) is 0 Å². The van der Waals surface area contributed by atoms with Crippen LogP contribution in [0.3, 0.4) is 0 Å². The van der Waals surface area contributed by atoms with Gasteiger partial charge in [0.1, 0.15) is 4.88 Å². The summed E-state index contributed by atoms with van der Waals surface area (Å²) in [5, 5.41) is 1.81. The molecule has 1 unspecified atom stereocenters. The Labute approximate surface area is 111 Å². The fourth-order valence-corrected chi connectivity index (χ4v) is 2.72. The first-order chi connectivity index (χ1) is 8.66. The van der Waals surface area contributed by atoms with Crippen molar-refractivity contribution in [3.8, 4) is 0 Å². The van der Waals surface area contributed by atoms with E-state index in [1.807, 2.05) is 5.38 Å². The van der Waals surface area contributed by atoms with Crippen LogP contribution in [0.15, 0.2) is 17.5 Å². The normalized spacial score (nSPS) is 19.6. The zero-order valence-corrected chi connectivity index (χ0v) is 11.2. The molecule has 0 spiro atoms. The maximum Gasteiger partial charge on any atom is 0.348 e. The summed E-state index contributed by atoms with van der Waals surface area (Å²) in [5.41, 5.74) is 0. The van der Waals surface area contributed by atoms with Gasteiger partial charge in [0.15, 0.2) is 6.61 Å². The van der Waals surface area contributed by atoms with Crippen LogP contribution in [0.5, 0.6) is 0 Å². The third-order valence-electron chi connectivity index (χ3n) is 3.06. The Morgan fingerprint density at radius 3 is 3.06 bits per heavy atom. The second kappa shape index (κ2) is 6.00. The molecular formula is C13H17NO3S. The van der Waals surface area contributed by atoms with Gasteiger partial charge in [0.05, 0.1) is 0 Å². The first kappa shape index (κ1) is 13.1. The Hall–Kier alpha value is -1.36. The molecule has 98 valence electrons. The fourth-order valence-electron chi connectivity index (χ4n) is 2.10. The van der Waals surface area contributed by atoms with Crippen LogP contribution in [0.1, 0.15) is 29.4 Å².